The molecule has 0 radical (unpaired) electrons. The smallest absolute Gasteiger partial charge is 0.323 e. The number of H-pyrrole nitrogens is 1. The Morgan fingerprint density at radius 3 is 1.28 bits per heavy atom. The number of hydrogen-bond donors (Lipinski definition) is 31. The molecule has 620 valence electrons. The van der Waals surface area contributed by atoms with E-state index in [2.05, 4.69) is 21.4 Å². The number of fused-ring (bicyclic) bond motifs is 1. The summed E-state index contributed by atoms with van der Waals surface area (Å²) < 4.78 is 0. The number of carbonyl (C=O) groups excluding carboxylic acids is 2. The first-order valence-electron chi connectivity index (χ1n) is 32.3. The molecule has 44 nitrogen and oxygen atoms in total. The number of aliphatic hydroxyl groups is 2. The zero-order valence-corrected chi connectivity index (χ0v) is 61.7. The van der Waals surface area contributed by atoms with Crippen molar-refractivity contribution < 1.29 is 134 Å². The van der Waals surface area contributed by atoms with E-state index in [4.69, 9.17) is 146 Å². The number of aliphatic carboxylic acids is 11. The van der Waals surface area contributed by atoms with Crippen molar-refractivity contribution in [3.63, 3.8) is 0 Å². The lowest BCUT2D eigenvalue weighted by atomic mass is 10.1. The van der Waals surface area contributed by atoms with E-state index in [1.54, 1.807) is 37.7 Å². The maximum absolute atomic E-state index is 10.6. The summed E-state index contributed by atoms with van der Waals surface area (Å²) in [6, 6.07) is 4.74. The molecule has 0 bridgehead atoms. The third-order valence-electron chi connectivity index (χ3n) is 12.9. The number of carboxylic acids is 11. The minimum Gasteiger partial charge on any atom is -0.508 e. The number of benzene rings is 2. The van der Waals surface area contributed by atoms with Gasteiger partial charge in [-0.3, -0.25) is 67.7 Å². The number of para-hydroxylation sites is 1. The molecule has 1 saturated heterocycles. The summed E-state index contributed by atoms with van der Waals surface area (Å²) in [6.45, 7) is 9.62. The van der Waals surface area contributed by atoms with Gasteiger partial charge in [0, 0.05) is 36.5 Å². The molecule has 0 spiro atoms. The summed E-state index contributed by atoms with van der Waals surface area (Å²) in [7, 11) is 0. The Hall–Kier alpha value is -10.0. The van der Waals surface area contributed by atoms with Crippen molar-refractivity contribution in [3.8, 4) is 5.75 Å². The SMILES string of the molecule is CC(C)C[C@H](N)C(=O)O.CC(C)[C@H](N)C(=O)O.CSCC[C@H](N)C(=O)O.C[C@@H](O)[C@H](N)C(=O)O.N=C(N)NCCC[C@H](N)C(=O)O.NC(=O)CC[C@H](N)C(=O)O.NC(=O)C[C@H](N)C(=O)O.N[C@@H](CO)C(=O)O.N[C@@H](Cc1c[nH]c2ccccc12)C(=O)O.N[C@@H](Cc1ccc(O)cc1)C(=O)O.O=C(O)[C@@H]1CCCN1. The second kappa shape index (κ2) is 65.3. The molecule has 1 aromatic heterocycles. The van der Waals surface area contributed by atoms with Crippen LogP contribution in [0.25, 0.3) is 10.9 Å². The number of aliphatic hydroxyl groups excluding tert-OH is 2. The van der Waals surface area contributed by atoms with Crippen LogP contribution >= 0.6 is 11.8 Å². The fourth-order valence-electron chi connectivity index (χ4n) is 6.43. The van der Waals surface area contributed by atoms with Gasteiger partial charge in [0.2, 0.25) is 11.8 Å². The lowest BCUT2D eigenvalue weighted by molar-refractivity contribution is -0.141. The van der Waals surface area contributed by atoms with Crippen molar-refractivity contribution in [3.05, 3.63) is 65.9 Å². The van der Waals surface area contributed by atoms with Gasteiger partial charge in [-0.1, -0.05) is 58.0 Å². The second-order valence-electron chi connectivity index (χ2n) is 23.4. The average Bonchev–Trinajstić information content (AvgIpc) is 1.69. The number of carbonyl (C=O) groups is 13. The van der Waals surface area contributed by atoms with Crippen molar-refractivity contribution in [1.29, 1.82) is 5.41 Å². The maximum atomic E-state index is 10.6. The zero-order valence-electron chi connectivity index (χ0n) is 60.9. The highest BCUT2D eigenvalue weighted by molar-refractivity contribution is 7.98. The van der Waals surface area contributed by atoms with Gasteiger partial charge in [0.1, 0.15) is 72.2 Å². The van der Waals surface area contributed by atoms with Crippen LogP contribution in [0.3, 0.4) is 0 Å². The largest absolute Gasteiger partial charge is 0.508 e. The third-order valence-corrected chi connectivity index (χ3v) is 13.5. The standard InChI is InChI=1S/C11H12N2O2.C9H11NO3.C6H14N4O2.C6H13NO2.C5H10N2O3.C5H11NO2S.C5H9NO2.C5H11NO2.C4H8N2O3.C4H9NO3.C3H7NO3/c12-9(11(14)15)5-7-6-13-10-4-2-1-3-8(7)10;10-8(9(12)13)5-6-1-3-7(11)4-2-6;7-4(5(11)12)2-1-3-10-6(8)9;1-4(2)3-5(7)6(8)9;6-3(5(9)10)1-2-4(7)8;1-9-3-2-4(6)5(7)8;7-5(8)4-2-1-3-6-4;1-3(2)4(6)5(7)8;5-2(4(8)9)1-3(6)7;1-2(6)3(5)4(7)8;4-2(1-5)3(6)7/h1-4,6,9,13H,5,12H2,(H,14,15);1-4,8,11H,5,10H2,(H,12,13);4H,1-3,7H2,(H,11,12)(H4,8,9,10);4-5H,3,7H2,1-2H3,(H,8,9);3H,1-2,6H2,(H2,7,8)(H,9,10);4H,2-3,6H2,1H3,(H,7,8);4,6H,1-3H2,(H,7,8);3-4H,6H2,1-2H3,(H,7,8);2H,1,5H2,(H2,6,7)(H,8,9);2-3,6H,5H2,1H3,(H,7,8);2,5H,1,4H2,(H,6,7)/t9-;8-;4-;5-;3-;3*4-;2-;2-,3+;2-/m00000000010/s1. The topological polar surface area (TPSA) is 907 Å². The molecule has 2 amide bonds. The number of primary amides is 2. The van der Waals surface area contributed by atoms with Crippen LogP contribution in [0.15, 0.2) is 54.7 Å². The van der Waals surface area contributed by atoms with E-state index in [9.17, 15) is 62.3 Å². The fourth-order valence-corrected chi connectivity index (χ4v) is 6.92. The number of thioether (sulfide) groups is 1. The first-order valence-corrected chi connectivity index (χ1v) is 33.6. The molecule has 3 aromatic rings. The van der Waals surface area contributed by atoms with E-state index < -0.39 is 151 Å². The number of phenolic OH excluding ortho intramolecular Hbond substituents is 1. The van der Waals surface area contributed by atoms with Crippen molar-refractivity contribution in [2.75, 3.05) is 31.7 Å². The summed E-state index contributed by atoms with van der Waals surface area (Å²) in [6.07, 6.45) is 7.05. The first kappa shape index (κ1) is 111. The van der Waals surface area contributed by atoms with Gasteiger partial charge >= 0.3 is 65.7 Å². The van der Waals surface area contributed by atoms with Gasteiger partial charge in [-0.15, -0.1) is 0 Å². The number of hydrogen-bond acceptors (Lipinski definition) is 29. The quantitative estimate of drug-likeness (QED) is 0.0158. The van der Waals surface area contributed by atoms with Gasteiger partial charge in [-0.2, -0.15) is 11.8 Å². The minimum atomic E-state index is -1.21. The number of aromatic amines is 1. The normalized spacial score (nSPS) is 14.4. The molecule has 0 saturated carbocycles. The highest BCUT2D eigenvalue weighted by Gasteiger charge is 2.22. The summed E-state index contributed by atoms with van der Waals surface area (Å²) >= 11 is 1.60. The number of aromatic hydroxyl groups is 1. The second-order valence-corrected chi connectivity index (χ2v) is 24.4. The molecule has 1 aliphatic heterocycles. The Balaban J connectivity index is -0.000000210. The molecule has 1 fully saturated rings. The lowest BCUT2D eigenvalue weighted by Gasteiger charge is -2.07. The van der Waals surface area contributed by atoms with Crippen molar-refractivity contribution in [1.82, 2.24) is 15.6 Å². The highest BCUT2D eigenvalue weighted by Crippen LogP contribution is 2.19. The summed E-state index contributed by atoms with van der Waals surface area (Å²) in [5.74, 6) is -11.1. The molecular weight excluding hydrogens is 1460 g/mol. The van der Waals surface area contributed by atoms with Crippen molar-refractivity contribution in [2.24, 2.45) is 86.4 Å². The number of rotatable bonds is 32. The molecule has 2 aromatic carbocycles. The van der Waals surface area contributed by atoms with Crippen LogP contribution in [0.5, 0.6) is 5.75 Å². The van der Waals surface area contributed by atoms with Gasteiger partial charge in [-0.05, 0) is 118 Å². The van der Waals surface area contributed by atoms with Crippen LogP contribution in [0, 0.1) is 17.2 Å². The number of carboxylic acid groups (broad SMARTS) is 11. The van der Waals surface area contributed by atoms with Gasteiger partial charge in [0.15, 0.2) is 5.96 Å². The molecule has 0 unspecified atom stereocenters. The van der Waals surface area contributed by atoms with E-state index >= 15 is 0 Å². The molecule has 2 heterocycles. The molecule has 0 aliphatic carbocycles. The van der Waals surface area contributed by atoms with Crippen LogP contribution in [0.2, 0.25) is 0 Å². The fraction of sp³-hybridized carbons (Fsp3) is 0.556. The van der Waals surface area contributed by atoms with E-state index in [1.807, 2.05) is 50.6 Å². The zero-order chi connectivity index (χ0) is 85.9. The summed E-state index contributed by atoms with van der Waals surface area (Å²) in [5, 5.41) is 130. The summed E-state index contributed by atoms with van der Waals surface area (Å²) in [4.78, 5) is 134. The number of aromatic nitrogens is 1. The molecule has 12 atom stereocenters. The Labute approximate surface area is 626 Å². The van der Waals surface area contributed by atoms with Crippen molar-refractivity contribution in [2.45, 2.75) is 178 Å². The molecule has 1 aliphatic rings. The Bertz CT molecular complexity index is 3070. The molecule has 45 heteroatoms. The van der Waals surface area contributed by atoms with E-state index in [-0.39, 0.29) is 49.4 Å². The monoisotopic (exact) mass is 1570 g/mol. The third kappa shape index (κ3) is 67.8. The van der Waals surface area contributed by atoms with Gasteiger partial charge in [0.05, 0.1) is 19.1 Å². The van der Waals surface area contributed by atoms with Crippen LogP contribution in [-0.4, -0.2) is 264 Å². The summed E-state index contributed by atoms with van der Waals surface area (Å²) in [5.41, 5.74) is 68.4. The maximum Gasteiger partial charge on any atom is 0.323 e. The van der Waals surface area contributed by atoms with Gasteiger partial charge < -0.3 is 162 Å². The Morgan fingerprint density at radius 2 is 0.981 bits per heavy atom. The molecule has 44 N–H and O–H groups in total. The van der Waals surface area contributed by atoms with Gasteiger partial charge in [-0.25, -0.2) is 0 Å². The van der Waals surface area contributed by atoms with Crippen LogP contribution in [0.4, 0.5) is 0 Å². The number of phenols is 1. The average molecular weight is 1570 g/mol. The van der Waals surface area contributed by atoms with E-state index in [0.29, 0.717) is 44.6 Å². The number of nitrogens with one attached hydrogen (secondary N) is 4. The van der Waals surface area contributed by atoms with Crippen LogP contribution < -0.4 is 85.2 Å². The van der Waals surface area contributed by atoms with Crippen LogP contribution in [0.1, 0.15) is 104 Å². The van der Waals surface area contributed by atoms with Crippen LogP contribution in [-0.2, 0) is 75.2 Å². The minimum absolute atomic E-state index is 0.0208. The lowest BCUT2D eigenvalue weighted by Crippen LogP contribution is -2.39. The molecular formula is C63H115N17O27S. The Kier molecular flexibility index (Phi) is 67.3. The van der Waals surface area contributed by atoms with Crippen molar-refractivity contribution >= 4 is 106 Å². The predicted octanol–water partition coefficient (Wildman–Crippen LogP) is -5.29. The van der Waals surface area contributed by atoms with E-state index in [1.165, 1.54) is 19.1 Å². The van der Waals surface area contributed by atoms with Gasteiger partial charge in [0.25, 0.3) is 0 Å². The molecule has 4 rings (SSSR count). The number of nitrogens with two attached hydrogens (primary N) is 13. The molecule has 108 heavy (non-hydrogen) atoms. The predicted molar refractivity (Wildman–Crippen MR) is 396 cm³/mol. The Morgan fingerprint density at radius 1 is 0.546 bits per heavy atom. The first-order chi connectivity index (χ1) is 49.7. The van der Waals surface area contributed by atoms with E-state index in [0.717, 1.165) is 47.2 Å². The number of amides is 2. The highest BCUT2D eigenvalue weighted by atomic mass is 32.2. The number of guanidine groups is 1.